The molecule has 1 N–H and O–H groups in total. The molecule has 1 fully saturated rings. The lowest BCUT2D eigenvalue weighted by Gasteiger charge is -2.30. The highest BCUT2D eigenvalue weighted by Gasteiger charge is 2.31. The smallest absolute Gasteiger partial charge is 0.223 e. The van der Waals surface area contributed by atoms with E-state index in [0.717, 1.165) is 12.0 Å². The molecule has 0 saturated carbocycles. The first-order chi connectivity index (χ1) is 14.2. The number of halogens is 3. The van der Waals surface area contributed by atoms with Crippen LogP contribution in [0.1, 0.15) is 24.0 Å². The first-order valence-electron chi connectivity index (χ1n) is 9.68. The van der Waals surface area contributed by atoms with Gasteiger partial charge in [0.05, 0.1) is 15.8 Å². The predicted octanol–water partition coefficient (Wildman–Crippen LogP) is 4.55. The van der Waals surface area contributed by atoms with E-state index in [-0.39, 0.29) is 17.6 Å². The Hall–Kier alpha value is -1.31. The number of nitrogens with zero attached hydrogens (tertiary/aromatic N) is 1. The van der Waals surface area contributed by atoms with Gasteiger partial charge in [0.25, 0.3) is 0 Å². The number of sulfonamides is 1. The van der Waals surface area contributed by atoms with Gasteiger partial charge in [-0.05, 0) is 54.7 Å². The van der Waals surface area contributed by atoms with Gasteiger partial charge in [0.15, 0.2) is 0 Å². The summed E-state index contributed by atoms with van der Waals surface area (Å²) in [6.45, 7) is 1.20. The van der Waals surface area contributed by atoms with Crippen LogP contribution in [0, 0.1) is 5.92 Å². The van der Waals surface area contributed by atoms with Crippen molar-refractivity contribution in [1.29, 1.82) is 0 Å². The minimum atomic E-state index is -3.48. The fourth-order valence-corrected chi connectivity index (χ4v) is 5.45. The van der Waals surface area contributed by atoms with Gasteiger partial charge in [-0.3, -0.25) is 4.79 Å². The molecule has 1 saturated heterocycles. The second kappa shape index (κ2) is 10.3. The largest absolute Gasteiger partial charge is 0.356 e. The van der Waals surface area contributed by atoms with Gasteiger partial charge < -0.3 is 5.32 Å². The Bertz CT molecular complexity index is 989. The second-order valence-corrected chi connectivity index (χ2v) is 10.6. The molecule has 0 unspecified atom stereocenters. The molecule has 0 spiro atoms. The molecule has 0 radical (unpaired) electrons. The van der Waals surface area contributed by atoms with E-state index in [1.807, 2.05) is 24.3 Å². The number of benzene rings is 2. The zero-order valence-electron chi connectivity index (χ0n) is 16.3. The third-order valence-corrected chi connectivity index (χ3v) is 8.02. The molecule has 30 heavy (non-hydrogen) atoms. The van der Waals surface area contributed by atoms with Gasteiger partial charge in [-0.25, -0.2) is 12.7 Å². The number of amides is 1. The van der Waals surface area contributed by atoms with Gasteiger partial charge in [-0.15, -0.1) is 0 Å². The number of hydrogen-bond donors (Lipinski definition) is 1. The summed E-state index contributed by atoms with van der Waals surface area (Å²) >= 11 is 17.7. The van der Waals surface area contributed by atoms with Crippen LogP contribution in [0.15, 0.2) is 42.5 Å². The molecule has 1 aliphatic heterocycles. The SMILES string of the molecule is O=C(NCCc1ccc(Cl)cc1)C1CCN(S(=O)(=O)Cc2ccc(Cl)c(Cl)c2)CC1. The third kappa shape index (κ3) is 6.34. The summed E-state index contributed by atoms with van der Waals surface area (Å²) in [7, 11) is -3.48. The molecule has 0 aromatic heterocycles. The Labute approximate surface area is 192 Å². The number of nitrogens with one attached hydrogen (secondary N) is 1. The van der Waals surface area contributed by atoms with Crippen LogP contribution in [-0.4, -0.2) is 38.3 Å². The van der Waals surface area contributed by atoms with E-state index >= 15 is 0 Å². The van der Waals surface area contributed by atoms with Crippen LogP contribution < -0.4 is 5.32 Å². The van der Waals surface area contributed by atoms with Crippen LogP contribution in [0.2, 0.25) is 15.1 Å². The van der Waals surface area contributed by atoms with E-state index in [2.05, 4.69) is 5.32 Å². The quantitative estimate of drug-likeness (QED) is 0.620. The molecular weight excluding hydrogens is 467 g/mol. The molecule has 0 bridgehead atoms. The predicted molar refractivity (Wildman–Crippen MR) is 122 cm³/mol. The Morgan fingerprint density at radius 2 is 1.60 bits per heavy atom. The minimum Gasteiger partial charge on any atom is -0.356 e. The second-order valence-electron chi connectivity index (χ2n) is 7.35. The Kier molecular flexibility index (Phi) is 8.04. The average molecular weight is 490 g/mol. The summed E-state index contributed by atoms with van der Waals surface area (Å²) in [5.74, 6) is -0.334. The summed E-state index contributed by atoms with van der Waals surface area (Å²) < 4.78 is 26.9. The Balaban J connectivity index is 1.46. The van der Waals surface area contributed by atoms with Crippen molar-refractivity contribution < 1.29 is 13.2 Å². The van der Waals surface area contributed by atoms with Crippen molar-refractivity contribution in [3.05, 3.63) is 68.7 Å². The maximum atomic E-state index is 12.7. The first kappa shape index (κ1) is 23.4. The van der Waals surface area contributed by atoms with Crippen LogP contribution in [0.4, 0.5) is 0 Å². The van der Waals surface area contributed by atoms with Gasteiger partial charge in [-0.2, -0.15) is 0 Å². The van der Waals surface area contributed by atoms with Crippen molar-refractivity contribution in [3.8, 4) is 0 Å². The van der Waals surface area contributed by atoms with E-state index in [0.29, 0.717) is 53.1 Å². The number of hydrogen-bond acceptors (Lipinski definition) is 3. The number of piperidine rings is 1. The zero-order chi connectivity index (χ0) is 21.7. The molecule has 1 heterocycles. The Morgan fingerprint density at radius 1 is 0.967 bits per heavy atom. The van der Waals surface area contributed by atoms with E-state index in [9.17, 15) is 13.2 Å². The van der Waals surface area contributed by atoms with Crippen LogP contribution in [0.5, 0.6) is 0 Å². The Morgan fingerprint density at radius 3 is 2.23 bits per heavy atom. The average Bonchev–Trinajstić information content (AvgIpc) is 2.72. The van der Waals surface area contributed by atoms with Gasteiger partial charge in [0.1, 0.15) is 0 Å². The maximum absolute atomic E-state index is 12.7. The van der Waals surface area contributed by atoms with Crippen molar-refractivity contribution in [2.45, 2.75) is 25.0 Å². The van der Waals surface area contributed by atoms with E-state index < -0.39 is 10.0 Å². The number of carbonyl (C=O) groups is 1. The van der Waals surface area contributed by atoms with Crippen molar-refractivity contribution >= 4 is 50.7 Å². The van der Waals surface area contributed by atoms with Crippen molar-refractivity contribution in [3.63, 3.8) is 0 Å². The van der Waals surface area contributed by atoms with Gasteiger partial charge in [-0.1, -0.05) is 53.0 Å². The fourth-order valence-electron chi connectivity index (χ4n) is 3.45. The highest BCUT2D eigenvalue weighted by atomic mass is 35.5. The van der Waals surface area contributed by atoms with Crippen LogP contribution in [0.25, 0.3) is 0 Å². The maximum Gasteiger partial charge on any atom is 0.223 e. The van der Waals surface area contributed by atoms with Crippen LogP contribution in [-0.2, 0) is 27.0 Å². The molecule has 3 rings (SSSR count). The fraction of sp³-hybridized carbons (Fsp3) is 0.381. The van der Waals surface area contributed by atoms with Gasteiger partial charge >= 0.3 is 0 Å². The standard InChI is InChI=1S/C21H23Cl3N2O3S/c22-18-4-1-15(2-5-18)7-10-25-21(27)17-8-11-26(12-9-17)30(28,29)14-16-3-6-19(23)20(24)13-16/h1-6,13,17H,7-12,14H2,(H,25,27). The summed E-state index contributed by atoms with van der Waals surface area (Å²) in [5, 5.41) is 4.36. The lowest BCUT2D eigenvalue weighted by Crippen LogP contribution is -2.43. The summed E-state index contributed by atoms with van der Waals surface area (Å²) in [6, 6.07) is 12.3. The van der Waals surface area contributed by atoms with E-state index in [1.165, 1.54) is 4.31 Å². The third-order valence-electron chi connectivity index (χ3n) is 5.18. The highest BCUT2D eigenvalue weighted by molar-refractivity contribution is 7.88. The first-order valence-corrected chi connectivity index (χ1v) is 12.4. The number of rotatable bonds is 7. The summed E-state index contributed by atoms with van der Waals surface area (Å²) in [6.07, 6.45) is 1.74. The minimum absolute atomic E-state index is 0.0227. The molecular formula is C21H23Cl3N2O3S. The van der Waals surface area contributed by atoms with E-state index in [4.69, 9.17) is 34.8 Å². The molecule has 0 atom stereocenters. The van der Waals surface area contributed by atoms with Crippen molar-refractivity contribution in [1.82, 2.24) is 9.62 Å². The molecule has 2 aromatic rings. The zero-order valence-corrected chi connectivity index (χ0v) is 19.4. The molecule has 1 aliphatic rings. The normalized spacial score (nSPS) is 15.8. The molecule has 1 amide bonds. The molecule has 2 aromatic carbocycles. The van der Waals surface area contributed by atoms with Crippen LogP contribution >= 0.6 is 34.8 Å². The number of carbonyl (C=O) groups excluding carboxylic acids is 1. The van der Waals surface area contributed by atoms with Crippen molar-refractivity contribution in [2.75, 3.05) is 19.6 Å². The lowest BCUT2D eigenvalue weighted by atomic mass is 9.97. The van der Waals surface area contributed by atoms with Crippen molar-refractivity contribution in [2.24, 2.45) is 5.92 Å². The molecule has 9 heteroatoms. The van der Waals surface area contributed by atoms with Gasteiger partial charge in [0.2, 0.25) is 15.9 Å². The summed E-state index contributed by atoms with van der Waals surface area (Å²) in [5.41, 5.74) is 1.69. The monoisotopic (exact) mass is 488 g/mol. The molecule has 0 aliphatic carbocycles. The topological polar surface area (TPSA) is 66.5 Å². The molecule has 162 valence electrons. The summed E-state index contributed by atoms with van der Waals surface area (Å²) in [4.78, 5) is 12.4. The van der Waals surface area contributed by atoms with E-state index in [1.54, 1.807) is 18.2 Å². The highest BCUT2D eigenvalue weighted by Crippen LogP contribution is 2.26. The lowest BCUT2D eigenvalue weighted by molar-refractivity contribution is -0.126. The van der Waals surface area contributed by atoms with Gasteiger partial charge in [0, 0.05) is 30.6 Å². The molecule has 5 nitrogen and oxygen atoms in total. The van der Waals surface area contributed by atoms with Crippen LogP contribution in [0.3, 0.4) is 0 Å².